The summed E-state index contributed by atoms with van der Waals surface area (Å²) in [6.07, 6.45) is 0. The van der Waals surface area contributed by atoms with Gasteiger partial charge in [-0.05, 0) is 73.5 Å². The van der Waals surface area contributed by atoms with Crippen LogP contribution >= 0.6 is 0 Å². The summed E-state index contributed by atoms with van der Waals surface area (Å²) in [5, 5.41) is 5.84. The molecule has 0 spiro atoms. The monoisotopic (exact) mass is 432 g/mol. The smallest absolute Gasteiger partial charge is 0.251 e. The molecule has 3 rings (SSSR count). The van der Waals surface area contributed by atoms with Gasteiger partial charge in [0.1, 0.15) is 11.5 Å². The molecule has 0 saturated heterocycles. The summed E-state index contributed by atoms with van der Waals surface area (Å²) < 4.78 is 10.8. The van der Waals surface area contributed by atoms with Crippen LogP contribution in [-0.4, -0.2) is 25.0 Å². The molecule has 0 aromatic heterocycles. The van der Waals surface area contributed by atoms with Crippen molar-refractivity contribution < 1.29 is 19.1 Å². The Bertz CT molecular complexity index is 950. The van der Waals surface area contributed by atoms with Gasteiger partial charge in [-0.3, -0.25) is 9.59 Å². The van der Waals surface area contributed by atoms with Gasteiger partial charge < -0.3 is 20.1 Å². The highest BCUT2D eigenvalue weighted by Crippen LogP contribution is 2.14. The summed E-state index contributed by atoms with van der Waals surface area (Å²) in [5.74, 6) is 1.18. The van der Waals surface area contributed by atoms with Crippen LogP contribution in [0.15, 0.2) is 72.8 Å². The highest BCUT2D eigenvalue weighted by molar-refractivity contribution is 5.94. The van der Waals surface area contributed by atoms with Crippen molar-refractivity contribution in [2.75, 3.05) is 13.2 Å². The van der Waals surface area contributed by atoms with Crippen LogP contribution in [0.25, 0.3) is 0 Å². The maximum atomic E-state index is 12.4. The maximum absolute atomic E-state index is 12.4. The lowest BCUT2D eigenvalue weighted by Crippen LogP contribution is -2.24. The number of benzene rings is 3. The summed E-state index contributed by atoms with van der Waals surface area (Å²) in [4.78, 5) is 24.8. The summed E-state index contributed by atoms with van der Waals surface area (Å²) in [6.45, 7) is 5.80. The summed E-state index contributed by atoms with van der Waals surface area (Å²) in [7, 11) is 0. The number of carbonyl (C=O) groups excluding carboxylic acids is 2. The van der Waals surface area contributed by atoms with Crippen molar-refractivity contribution in [1.29, 1.82) is 0 Å². The number of carbonyl (C=O) groups is 2. The van der Waals surface area contributed by atoms with Crippen LogP contribution < -0.4 is 20.1 Å². The van der Waals surface area contributed by atoms with Crippen LogP contribution in [-0.2, 0) is 13.1 Å². The van der Waals surface area contributed by atoms with Gasteiger partial charge in [-0.1, -0.05) is 24.3 Å². The number of nitrogens with one attached hydrogen (secondary N) is 2. The number of hydrogen-bond donors (Lipinski definition) is 2. The van der Waals surface area contributed by atoms with E-state index in [2.05, 4.69) is 10.6 Å². The van der Waals surface area contributed by atoms with Crippen molar-refractivity contribution in [1.82, 2.24) is 10.6 Å². The van der Waals surface area contributed by atoms with Gasteiger partial charge in [-0.2, -0.15) is 0 Å². The van der Waals surface area contributed by atoms with Crippen LogP contribution in [0.4, 0.5) is 0 Å². The molecule has 3 aromatic carbocycles. The molecule has 3 aromatic rings. The van der Waals surface area contributed by atoms with E-state index in [1.807, 2.05) is 38.1 Å². The number of rotatable bonds is 10. The third kappa shape index (κ3) is 6.60. The Hall–Kier alpha value is -3.80. The van der Waals surface area contributed by atoms with Gasteiger partial charge >= 0.3 is 0 Å². The third-order valence-electron chi connectivity index (χ3n) is 4.75. The molecule has 0 unspecified atom stereocenters. The first-order valence-electron chi connectivity index (χ1n) is 10.7. The van der Waals surface area contributed by atoms with Crippen LogP contribution in [0.3, 0.4) is 0 Å². The molecule has 0 aliphatic carbocycles. The van der Waals surface area contributed by atoms with E-state index < -0.39 is 0 Å². The van der Waals surface area contributed by atoms with Gasteiger partial charge in [0.2, 0.25) is 0 Å². The van der Waals surface area contributed by atoms with Crippen LogP contribution in [0.1, 0.15) is 45.7 Å². The highest BCUT2D eigenvalue weighted by Gasteiger charge is 2.08. The van der Waals surface area contributed by atoms with E-state index in [1.165, 1.54) is 0 Å². The summed E-state index contributed by atoms with van der Waals surface area (Å²) >= 11 is 0. The Labute approximate surface area is 188 Å². The summed E-state index contributed by atoms with van der Waals surface area (Å²) in [6, 6.07) is 21.9. The minimum Gasteiger partial charge on any atom is -0.494 e. The van der Waals surface area contributed by atoms with Crippen LogP contribution in [0.5, 0.6) is 11.5 Å². The number of amides is 2. The molecule has 0 aliphatic rings. The Balaban J connectivity index is 1.51. The minimum atomic E-state index is -0.151. The lowest BCUT2D eigenvalue weighted by molar-refractivity contribution is 0.0943. The zero-order valence-corrected chi connectivity index (χ0v) is 18.4. The van der Waals surface area contributed by atoms with Crippen molar-refractivity contribution >= 4 is 11.8 Å². The lowest BCUT2D eigenvalue weighted by atomic mass is 10.1. The molecule has 166 valence electrons. The molecular weight excluding hydrogens is 404 g/mol. The van der Waals surface area contributed by atoms with E-state index in [9.17, 15) is 9.59 Å². The van der Waals surface area contributed by atoms with Gasteiger partial charge in [-0.15, -0.1) is 0 Å². The van der Waals surface area contributed by atoms with E-state index in [4.69, 9.17) is 9.47 Å². The lowest BCUT2D eigenvalue weighted by Gasteiger charge is -2.10. The molecule has 6 heteroatoms. The second-order valence-electron chi connectivity index (χ2n) is 7.10. The maximum Gasteiger partial charge on any atom is 0.251 e. The highest BCUT2D eigenvalue weighted by atomic mass is 16.5. The SMILES string of the molecule is CCOc1ccc(C(=O)NCc2cccc(CNC(=O)c3ccc(OCC)cc3)c2)cc1. The fourth-order valence-corrected chi connectivity index (χ4v) is 3.16. The minimum absolute atomic E-state index is 0.151. The molecule has 0 bridgehead atoms. The van der Waals surface area contributed by atoms with E-state index in [1.54, 1.807) is 48.5 Å². The Morgan fingerprint density at radius 3 is 1.44 bits per heavy atom. The van der Waals surface area contributed by atoms with Crippen molar-refractivity contribution in [2.24, 2.45) is 0 Å². The molecular formula is C26H28N2O4. The van der Waals surface area contributed by atoms with Crippen LogP contribution in [0, 0.1) is 0 Å². The van der Waals surface area contributed by atoms with E-state index in [-0.39, 0.29) is 11.8 Å². The van der Waals surface area contributed by atoms with Crippen molar-refractivity contribution in [3.8, 4) is 11.5 Å². The first kappa shape index (κ1) is 22.9. The van der Waals surface area contributed by atoms with E-state index in [0.717, 1.165) is 22.6 Å². The number of hydrogen-bond acceptors (Lipinski definition) is 4. The van der Waals surface area contributed by atoms with Crippen molar-refractivity contribution in [3.63, 3.8) is 0 Å². The third-order valence-corrected chi connectivity index (χ3v) is 4.75. The molecule has 6 nitrogen and oxygen atoms in total. The standard InChI is InChI=1S/C26H28N2O4/c1-3-31-23-12-8-21(9-13-23)25(29)27-17-19-6-5-7-20(16-19)18-28-26(30)22-10-14-24(15-11-22)32-4-2/h5-16H,3-4,17-18H2,1-2H3,(H,27,29)(H,28,30). The average molecular weight is 433 g/mol. The fraction of sp³-hybridized carbons (Fsp3) is 0.231. The molecule has 0 radical (unpaired) electrons. The van der Waals surface area contributed by atoms with E-state index >= 15 is 0 Å². The van der Waals surface area contributed by atoms with Gasteiger partial charge in [-0.25, -0.2) is 0 Å². The Morgan fingerprint density at radius 2 is 1.06 bits per heavy atom. The average Bonchev–Trinajstić information content (AvgIpc) is 2.83. The first-order valence-corrected chi connectivity index (χ1v) is 10.7. The zero-order chi connectivity index (χ0) is 22.8. The predicted octanol–water partition coefficient (Wildman–Crippen LogP) is 4.34. The second-order valence-corrected chi connectivity index (χ2v) is 7.10. The molecule has 0 saturated carbocycles. The molecule has 0 aliphatic heterocycles. The molecule has 0 heterocycles. The van der Waals surface area contributed by atoms with Gasteiger partial charge in [0.25, 0.3) is 11.8 Å². The van der Waals surface area contributed by atoms with Crippen molar-refractivity contribution in [3.05, 3.63) is 95.1 Å². The first-order chi connectivity index (χ1) is 15.6. The second kappa shape index (κ2) is 11.6. The predicted molar refractivity (Wildman–Crippen MR) is 124 cm³/mol. The summed E-state index contributed by atoms with van der Waals surface area (Å²) in [5.41, 5.74) is 3.06. The fourth-order valence-electron chi connectivity index (χ4n) is 3.16. The normalized spacial score (nSPS) is 10.3. The van der Waals surface area contributed by atoms with Crippen molar-refractivity contribution in [2.45, 2.75) is 26.9 Å². The van der Waals surface area contributed by atoms with Gasteiger partial charge in [0.15, 0.2) is 0 Å². The van der Waals surface area contributed by atoms with Gasteiger partial charge in [0, 0.05) is 24.2 Å². The Morgan fingerprint density at radius 1 is 0.656 bits per heavy atom. The number of ether oxygens (including phenoxy) is 2. The quantitative estimate of drug-likeness (QED) is 0.500. The zero-order valence-electron chi connectivity index (χ0n) is 18.4. The van der Waals surface area contributed by atoms with Crippen LogP contribution in [0.2, 0.25) is 0 Å². The van der Waals surface area contributed by atoms with E-state index in [0.29, 0.717) is 37.4 Å². The molecule has 0 fully saturated rings. The van der Waals surface area contributed by atoms with Gasteiger partial charge in [0.05, 0.1) is 13.2 Å². The largest absolute Gasteiger partial charge is 0.494 e. The topological polar surface area (TPSA) is 76.7 Å². The Kier molecular flexibility index (Phi) is 8.26. The molecule has 32 heavy (non-hydrogen) atoms. The molecule has 2 N–H and O–H groups in total. The molecule has 2 amide bonds. The molecule has 0 atom stereocenters.